The maximum atomic E-state index is 13.3. The quantitative estimate of drug-likeness (QED) is 0.643. The van der Waals surface area contributed by atoms with Crippen LogP contribution >= 0.6 is 0 Å². The fraction of sp³-hybridized carbons (Fsp3) is 0.385. The second-order valence-corrected chi connectivity index (χ2v) is 9.25. The molecule has 0 saturated heterocycles. The van der Waals surface area contributed by atoms with Gasteiger partial charge in [0.05, 0.1) is 7.11 Å². The minimum absolute atomic E-state index is 0.0577. The second-order valence-electron chi connectivity index (χ2n) is 9.25. The van der Waals surface area contributed by atoms with Crippen molar-refractivity contribution in [2.45, 2.75) is 46.1 Å². The highest BCUT2D eigenvalue weighted by Crippen LogP contribution is 2.47. The molecule has 2 heterocycles. The number of nitrogens with zero attached hydrogens (tertiary/aromatic N) is 2. The van der Waals surface area contributed by atoms with E-state index in [1.165, 1.54) is 0 Å². The molecule has 1 unspecified atom stereocenters. The third kappa shape index (κ3) is 4.35. The lowest BCUT2D eigenvalue weighted by Crippen LogP contribution is -2.39. The zero-order chi connectivity index (χ0) is 22.9. The van der Waals surface area contributed by atoms with Crippen LogP contribution in [0.15, 0.2) is 65.1 Å². The molecule has 6 nitrogen and oxygen atoms in total. The van der Waals surface area contributed by atoms with Gasteiger partial charge in [0.15, 0.2) is 5.78 Å². The molecule has 1 aliphatic carbocycles. The Morgan fingerprint density at radius 1 is 1.09 bits per heavy atom. The third-order valence-electron chi connectivity index (χ3n) is 6.16. The highest BCUT2D eigenvalue weighted by atomic mass is 16.5. The summed E-state index contributed by atoms with van der Waals surface area (Å²) in [6.45, 7) is 6.15. The highest BCUT2D eigenvalue weighted by molar-refractivity contribution is 6.09. The van der Waals surface area contributed by atoms with Crippen molar-refractivity contribution in [2.24, 2.45) is 16.3 Å². The number of allylic oxidation sites excluding steroid dienone is 2. The first-order valence-electron chi connectivity index (χ1n) is 10.8. The van der Waals surface area contributed by atoms with Gasteiger partial charge in [-0.15, -0.1) is 0 Å². The molecule has 1 aromatic heterocycles. The fourth-order valence-corrected chi connectivity index (χ4v) is 4.65. The van der Waals surface area contributed by atoms with Crippen molar-refractivity contribution in [3.05, 3.63) is 71.2 Å². The lowest BCUT2D eigenvalue weighted by molar-refractivity contribution is -0.148. The van der Waals surface area contributed by atoms with E-state index in [1.54, 1.807) is 19.5 Å². The zero-order valence-corrected chi connectivity index (χ0v) is 18.9. The van der Waals surface area contributed by atoms with Gasteiger partial charge in [-0.05, 0) is 54.2 Å². The van der Waals surface area contributed by atoms with Crippen molar-refractivity contribution in [1.82, 2.24) is 4.98 Å². The van der Waals surface area contributed by atoms with Gasteiger partial charge in [-0.2, -0.15) is 0 Å². The van der Waals surface area contributed by atoms with Crippen molar-refractivity contribution in [2.75, 3.05) is 7.11 Å². The number of ether oxygens (including phenoxy) is 2. The lowest BCUT2D eigenvalue weighted by atomic mass is 9.67. The van der Waals surface area contributed by atoms with E-state index in [0.29, 0.717) is 24.1 Å². The number of methoxy groups -OCH3 is 1. The van der Waals surface area contributed by atoms with Gasteiger partial charge < -0.3 is 9.47 Å². The highest BCUT2D eigenvalue weighted by Gasteiger charge is 2.46. The van der Waals surface area contributed by atoms with Gasteiger partial charge >= 0.3 is 5.97 Å². The molecular weight excluding hydrogens is 404 g/mol. The molecule has 0 N–H and O–H groups in total. The smallest absolute Gasteiger partial charge is 0.315 e. The van der Waals surface area contributed by atoms with Crippen LogP contribution in [-0.2, 0) is 20.9 Å². The Hall–Kier alpha value is -3.28. The van der Waals surface area contributed by atoms with Gasteiger partial charge in [0.1, 0.15) is 18.3 Å². The Labute approximate surface area is 188 Å². The molecule has 2 aromatic rings. The van der Waals surface area contributed by atoms with Crippen molar-refractivity contribution in [1.29, 1.82) is 0 Å². The Bertz CT molecular complexity index is 1080. The number of ketones is 1. The molecule has 1 aromatic carbocycles. The third-order valence-corrected chi connectivity index (χ3v) is 6.16. The minimum atomic E-state index is -0.653. The number of carbonyl (C=O) groups excluding carboxylic acids is 2. The number of benzene rings is 1. The van der Waals surface area contributed by atoms with E-state index in [-0.39, 0.29) is 23.8 Å². The van der Waals surface area contributed by atoms with E-state index in [0.717, 1.165) is 22.6 Å². The summed E-state index contributed by atoms with van der Waals surface area (Å²) in [4.78, 5) is 35.4. The van der Waals surface area contributed by atoms with Crippen molar-refractivity contribution in [3.8, 4) is 5.75 Å². The second kappa shape index (κ2) is 8.69. The molecule has 166 valence electrons. The number of pyridine rings is 1. The maximum Gasteiger partial charge on any atom is 0.315 e. The number of aromatic nitrogens is 1. The first-order chi connectivity index (χ1) is 15.3. The van der Waals surface area contributed by atoms with E-state index in [9.17, 15) is 9.59 Å². The average molecular weight is 433 g/mol. The predicted molar refractivity (Wildman–Crippen MR) is 121 cm³/mol. The Morgan fingerprint density at radius 2 is 1.78 bits per heavy atom. The number of hydrogen-bond donors (Lipinski definition) is 0. The molecule has 0 radical (unpaired) electrons. The molecule has 2 atom stereocenters. The van der Waals surface area contributed by atoms with Crippen LogP contribution in [0.5, 0.6) is 5.75 Å². The van der Waals surface area contributed by atoms with Crippen molar-refractivity contribution in [3.63, 3.8) is 0 Å². The van der Waals surface area contributed by atoms with Crippen LogP contribution in [0.1, 0.15) is 50.7 Å². The van der Waals surface area contributed by atoms with E-state index in [4.69, 9.17) is 14.5 Å². The van der Waals surface area contributed by atoms with Crippen LogP contribution in [-0.4, -0.2) is 29.6 Å². The van der Waals surface area contributed by atoms with E-state index in [1.807, 2.05) is 43.3 Å². The summed E-state index contributed by atoms with van der Waals surface area (Å²) in [5.41, 5.74) is 3.71. The van der Waals surface area contributed by atoms with Crippen LogP contribution in [0.2, 0.25) is 0 Å². The number of esters is 1. The van der Waals surface area contributed by atoms with Gasteiger partial charge in [-0.25, -0.2) is 0 Å². The van der Waals surface area contributed by atoms with Gasteiger partial charge in [-0.1, -0.05) is 26.0 Å². The number of hydrogen-bond acceptors (Lipinski definition) is 6. The molecule has 0 spiro atoms. The molecule has 2 aliphatic rings. The molecule has 0 saturated carbocycles. The molecule has 1 aliphatic heterocycles. The van der Waals surface area contributed by atoms with Gasteiger partial charge in [0.2, 0.25) is 0 Å². The molecule has 0 fully saturated rings. The van der Waals surface area contributed by atoms with Crippen LogP contribution < -0.4 is 4.74 Å². The van der Waals surface area contributed by atoms with Gasteiger partial charge in [-0.3, -0.25) is 19.6 Å². The van der Waals surface area contributed by atoms with Gasteiger partial charge in [0, 0.05) is 41.7 Å². The minimum Gasteiger partial charge on any atom is -0.497 e. The fourth-order valence-electron chi connectivity index (χ4n) is 4.65. The summed E-state index contributed by atoms with van der Waals surface area (Å²) >= 11 is 0. The van der Waals surface area contributed by atoms with Crippen LogP contribution in [0.25, 0.3) is 0 Å². The Kier molecular flexibility index (Phi) is 5.96. The lowest BCUT2D eigenvalue weighted by Gasteiger charge is -2.38. The first-order valence-corrected chi connectivity index (χ1v) is 10.8. The van der Waals surface area contributed by atoms with E-state index < -0.39 is 11.8 Å². The van der Waals surface area contributed by atoms with E-state index in [2.05, 4.69) is 18.8 Å². The zero-order valence-electron chi connectivity index (χ0n) is 18.9. The number of carbonyl (C=O) groups is 2. The number of rotatable bonds is 5. The largest absolute Gasteiger partial charge is 0.497 e. The summed E-state index contributed by atoms with van der Waals surface area (Å²) in [5, 5.41) is 0. The molecular formula is C26H28N2O4. The molecule has 0 bridgehead atoms. The topological polar surface area (TPSA) is 77.9 Å². The maximum absolute atomic E-state index is 13.3. The van der Waals surface area contributed by atoms with Gasteiger partial charge in [0.25, 0.3) is 0 Å². The monoisotopic (exact) mass is 432 g/mol. The summed E-state index contributed by atoms with van der Waals surface area (Å²) < 4.78 is 10.9. The van der Waals surface area contributed by atoms with E-state index >= 15 is 0 Å². The number of Topliss-reactive ketones (excluding diaryl/α,β-unsaturated/α-hetero) is 1. The molecule has 32 heavy (non-hydrogen) atoms. The summed E-state index contributed by atoms with van der Waals surface area (Å²) in [7, 11) is 1.61. The first kappa shape index (κ1) is 21.9. The van der Waals surface area contributed by atoms with Crippen molar-refractivity contribution < 1.29 is 19.1 Å². The Morgan fingerprint density at radius 3 is 2.44 bits per heavy atom. The van der Waals surface area contributed by atoms with Crippen molar-refractivity contribution >= 4 is 17.5 Å². The standard InChI is InChI=1S/C26H28N2O4/c1-16-22(25(30)32-15-17-5-7-19(31-4)8-6-17)23(18-9-11-27-12-10-18)24-20(28-16)13-26(2,3)14-21(24)29/h5-12,22-23H,13-15H2,1-4H3/t22?,23-/m1/s1. The van der Waals surface area contributed by atoms with Crippen LogP contribution in [0.4, 0.5) is 0 Å². The average Bonchev–Trinajstić information content (AvgIpc) is 2.76. The normalized spacial score (nSPS) is 22.1. The Balaban J connectivity index is 1.66. The predicted octanol–water partition coefficient (Wildman–Crippen LogP) is 4.65. The summed E-state index contributed by atoms with van der Waals surface area (Å²) in [5.74, 6) is -0.654. The summed E-state index contributed by atoms with van der Waals surface area (Å²) in [6.07, 6.45) is 4.53. The number of aliphatic imine (C=N–C) groups is 1. The molecule has 0 amide bonds. The summed E-state index contributed by atoms with van der Waals surface area (Å²) in [6, 6.07) is 11.1. The SMILES string of the molecule is COc1ccc(COC(=O)C2C(C)=NC3=C(C(=O)CC(C)(C)C3)[C@@H]2c2ccncc2)cc1. The van der Waals surface area contributed by atoms with Crippen LogP contribution in [0.3, 0.4) is 0 Å². The van der Waals surface area contributed by atoms with Crippen LogP contribution in [0, 0.1) is 11.3 Å². The molecule has 4 rings (SSSR count). The molecule has 6 heteroatoms.